The zero-order valence-corrected chi connectivity index (χ0v) is 13.3. The highest BCUT2D eigenvalue weighted by Crippen LogP contribution is 2.22. The molecule has 2 fully saturated rings. The number of aromatic nitrogens is 2. The summed E-state index contributed by atoms with van der Waals surface area (Å²) < 4.78 is 15.9. The van der Waals surface area contributed by atoms with E-state index in [2.05, 4.69) is 19.8 Å². The first-order valence-corrected chi connectivity index (χ1v) is 7.84. The van der Waals surface area contributed by atoms with Crippen molar-refractivity contribution in [2.45, 2.75) is 18.9 Å². The van der Waals surface area contributed by atoms with Gasteiger partial charge in [0.2, 0.25) is 17.7 Å². The molecule has 3 rings (SSSR count). The van der Waals surface area contributed by atoms with E-state index >= 15 is 0 Å². The van der Waals surface area contributed by atoms with Gasteiger partial charge in [-0.25, -0.2) is 0 Å². The summed E-state index contributed by atoms with van der Waals surface area (Å²) in [5.41, 5.74) is 0. The molecule has 0 N–H and O–H groups in total. The van der Waals surface area contributed by atoms with E-state index in [1.54, 1.807) is 20.3 Å². The molecule has 3 heterocycles. The first-order chi connectivity index (χ1) is 10.8. The van der Waals surface area contributed by atoms with Crippen LogP contribution in [0.2, 0.25) is 0 Å². The smallest absolute Gasteiger partial charge is 0.232 e. The van der Waals surface area contributed by atoms with Gasteiger partial charge in [-0.05, 0) is 12.8 Å². The molecule has 0 unspecified atom stereocenters. The highest BCUT2D eigenvalue weighted by atomic mass is 16.5. The van der Waals surface area contributed by atoms with Crippen LogP contribution in [0, 0.1) is 0 Å². The van der Waals surface area contributed by atoms with E-state index in [-0.39, 0.29) is 0 Å². The molecule has 22 heavy (non-hydrogen) atoms. The predicted octanol–water partition coefficient (Wildman–Crippen LogP) is 0.795. The summed E-state index contributed by atoms with van der Waals surface area (Å²) in [6, 6.07) is 2.36. The second-order valence-corrected chi connectivity index (χ2v) is 5.62. The number of hydrogen-bond donors (Lipinski definition) is 0. The lowest BCUT2D eigenvalue weighted by molar-refractivity contribution is 0.0320. The number of piperazine rings is 1. The maximum atomic E-state index is 5.45. The average molecular weight is 308 g/mol. The van der Waals surface area contributed by atoms with Gasteiger partial charge in [0.05, 0.1) is 20.3 Å². The molecule has 1 aromatic rings. The highest BCUT2D eigenvalue weighted by molar-refractivity contribution is 5.37. The van der Waals surface area contributed by atoms with Gasteiger partial charge in [-0.15, -0.1) is 0 Å². The molecule has 0 aromatic carbocycles. The number of ether oxygens (including phenoxy) is 3. The molecule has 7 nitrogen and oxygen atoms in total. The molecular weight excluding hydrogens is 284 g/mol. The summed E-state index contributed by atoms with van der Waals surface area (Å²) in [5, 5.41) is 0. The number of methoxy groups -OCH3 is 2. The molecule has 7 heteroatoms. The Balaban J connectivity index is 1.63. The van der Waals surface area contributed by atoms with Crippen LogP contribution in [0.15, 0.2) is 6.07 Å². The van der Waals surface area contributed by atoms with Crippen molar-refractivity contribution in [2.75, 3.05) is 58.5 Å². The van der Waals surface area contributed by atoms with E-state index in [9.17, 15) is 0 Å². The van der Waals surface area contributed by atoms with Gasteiger partial charge in [-0.3, -0.25) is 4.90 Å². The van der Waals surface area contributed by atoms with Gasteiger partial charge in [0.15, 0.2) is 0 Å². The molecule has 0 spiro atoms. The second kappa shape index (κ2) is 7.11. The molecule has 2 aliphatic heterocycles. The molecule has 0 radical (unpaired) electrons. The van der Waals surface area contributed by atoms with E-state index in [0.717, 1.165) is 52.2 Å². The lowest BCUT2D eigenvalue weighted by Gasteiger charge is -2.40. The molecule has 0 aliphatic carbocycles. The standard InChI is InChI=1S/C15H24N4O3/c1-20-13-11-14(21-2)17-15(16-13)19-7-5-18(6-8-19)12-3-9-22-10-4-12/h11-12H,3-10H2,1-2H3. The lowest BCUT2D eigenvalue weighted by Crippen LogP contribution is -2.52. The first kappa shape index (κ1) is 15.3. The van der Waals surface area contributed by atoms with Gasteiger partial charge in [0, 0.05) is 45.4 Å². The van der Waals surface area contributed by atoms with E-state index in [1.165, 1.54) is 0 Å². The molecule has 0 saturated carbocycles. The zero-order chi connectivity index (χ0) is 15.4. The van der Waals surface area contributed by atoms with Crippen LogP contribution in [0.4, 0.5) is 5.95 Å². The summed E-state index contributed by atoms with van der Waals surface area (Å²) in [6.07, 6.45) is 2.28. The van der Waals surface area contributed by atoms with E-state index in [0.29, 0.717) is 23.8 Å². The third-order valence-electron chi connectivity index (χ3n) is 4.39. The van der Waals surface area contributed by atoms with Gasteiger partial charge in [-0.2, -0.15) is 9.97 Å². The molecule has 0 amide bonds. The summed E-state index contributed by atoms with van der Waals surface area (Å²) in [7, 11) is 3.21. The maximum absolute atomic E-state index is 5.45. The normalized spacial score (nSPS) is 20.9. The van der Waals surface area contributed by atoms with Crippen LogP contribution in [-0.4, -0.2) is 74.5 Å². The maximum Gasteiger partial charge on any atom is 0.232 e. The lowest BCUT2D eigenvalue weighted by atomic mass is 10.1. The minimum absolute atomic E-state index is 0.536. The van der Waals surface area contributed by atoms with Gasteiger partial charge >= 0.3 is 0 Å². The number of hydrogen-bond acceptors (Lipinski definition) is 7. The Hall–Kier alpha value is -1.60. The van der Waals surface area contributed by atoms with Crippen LogP contribution < -0.4 is 14.4 Å². The van der Waals surface area contributed by atoms with Gasteiger partial charge in [0.25, 0.3) is 0 Å². The van der Waals surface area contributed by atoms with E-state index < -0.39 is 0 Å². The Morgan fingerprint density at radius 1 is 1.00 bits per heavy atom. The Morgan fingerprint density at radius 3 is 2.14 bits per heavy atom. The summed E-state index contributed by atoms with van der Waals surface area (Å²) in [4.78, 5) is 13.6. The Labute approximate surface area is 131 Å². The van der Waals surface area contributed by atoms with Gasteiger partial charge in [0.1, 0.15) is 0 Å². The monoisotopic (exact) mass is 308 g/mol. The largest absolute Gasteiger partial charge is 0.481 e. The van der Waals surface area contributed by atoms with Crippen molar-refractivity contribution in [3.05, 3.63) is 6.07 Å². The molecule has 0 atom stereocenters. The van der Waals surface area contributed by atoms with Crippen molar-refractivity contribution in [3.8, 4) is 11.8 Å². The third kappa shape index (κ3) is 3.41. The van der Waals surface area contributed by atoms with Crippen molar-refractivity contribution in [1.82, 2.24) is 14.9 Å². The van der Waals surface area contributed by atoms with Crippen LogP contribution in [0.5, 0.6) is 11.8 Å². The Bertz CT molecular complexity index is 463. The van der Waals surface area contributed by atoms with Crippen molar-refractivity contribution in [3.63, 3.8) is 0 Å². The molecule has 122 valence electrons. The first-order valence-electron chi connectivity index (χ1n) is 7.84. The molecule has 0 bridgehead atoms. The minimum atomic E-state index is 0.536. The molecular formula is C15H24N4O3. The van der Waals surface area contributed by atoms with Crippen LogP contribution in [0.3, 0.4) is 0 Å². The summed E-state index contributed by atoms with van der Waals surface area (Å²) in [5.74, 6) is 1.75. The van der Waals surface area contributed by atoms with E-state index in [1.807, 2.05) is 0 Å². The third-order valence-corrected chi connectivity index (χ3v) is 4.39. The van der Waals surface area contributed by atoms with Crippen LogP contribution in [-0.2, 0) is 4.74 Å². The number of anilines is 1. The highest BCUT2D eigenvalue weighted by Gasteiger charge is 2.26. The minimum Gasteiger partial charge on any atom is -0.481 e. The van der Waals surface area contributed by atoms with Crippen molar-refractivity contribution in [1.29, 1.82) is 0 Å². The fourth-order valence-electron chi connectivity index (χ4n) is 3.08. The topological polar surface area (TPSA) is 60.0 Å². The predicted molar refractivity (Wildman–Crippen MR) is 82.8 cm³/mol. The van der Waals surface area contributed by atoms with Crippen LogP contribution in [0.1, 0.15) is 12.8 Å². The van der Waals surface area contributed by atoms with Gasteiger partial charge in [-0.1, -0.05) is 0 Å². The number of rotatable bonds is 4. The van der Waals surface area contributed by atoms with Crippen LogP contribution >= 0.6 is 0 Å². The van der Waals surface area contributed by atoms with Crippen molar-refractivity contribution < 1.29 is 14.2 Å². The summed E-state index contributed by atoms with van der Waals surface area (Å²) in [6.45, 7) is 5.70. The molecule has 2 aliphatic rings. The quantitative estimate of drug-likeness (QED) is 0.815. The fraction of sp³-hybridized carbons (Fsp3) is 0.733. The summed E-state index contributed by atoms with van der Waals surface area (Å²) >= 11 is 0. The average Bonchev–Trinajstić information content (AvgIpc) is 2.62. The van der Waals surface area contributed by atoms with Crippen molar-refractivity contribution in [2.24, 2.45) is 0 Å². The molecule has 2 saturated heterocycles. The fourth-order valence-corrected chi connectivity index (χ4v) is 3.08. The van der Waals surface area contributed by atoms with Crippen molar-refractivity contribution >= 4 is 5.95 Å². The second-order valence-electron chi connectivity index (χ2n) is 5.62. The Morgan fingerprint density at radius 2 is 1.59 bits per heavy atom. The Kier molecular flexibility index (Phi) is 4.94. The van der Waals surface area contributed by atoms with Crippen LogP contribution in [0.25, 0.3) is 0 Å². The number of nitrogens with zero attached hydrogens (tertiary/aromatic N) is 4. The zero-order valence-electron chi connectivity index (χ0n) is 13.3. The molecule has 1 aromatic heterocycles. The van der Waals surface area contributed by atoms with Gasteiger partial charge < -0.3 is 19.1 Å². The SMILES string of the molecule is COc1cc(OC)nc(N2CCN(C3CCOCC3)CC2)n1. The van der Waals surface area contributed by atoms with E-state index in [4.69, 9.17) is 14.2 Å².